The number of carbonyl (C=O) groups excluding carboxylic acids is 1. The minimum Gasteiger partial charge on any atom is -0.334 e. The molecule has 1 aromatic heterocycles. The van der Waals surface area contributed by atoms with E-state index >= 15 is 0 Å². The Bertz CT molecular complexity index is 460. The predicted molar refractivity (Wildman–Crippen MR) is 68.7 cm³/mol. The largest absolute Gasteiger partial charge is 0.334 e. The van der Waals surface area contributed by atoms with Gasteiger partial charge in [0.1, 0.15) is 0 Å². The molecule has 1 aromatic rings. The predicted octanol–water partition coefficient (Wildman–Crippen LogP) is 1.61. The van der Waals surface area contributed by atoms with E-state index in [-0.39, 0.29) is 17.0 Å². The smallest absolute Gasteiger partial charge is 0.324 e. The Balaban J connectivity index is 2.15. The molecule has 1 atom stereocenters. The maximum Gasteiger partial charge on any atom is 0.324 e. The van der Waals surface area contributed by atoms with E-state index in [1.807, 2.05) is 0 Å². The normalized spacial score (nSPS) is 19.8. The van der Waals surface area contributed by atoms with E-state index in [0.29, 0.717) is 18.7 Å². The highest BCUT2D eigenvalue weighted by Gasteiger charge is 2.27. The van der Waals surface area contributed by atoms with Crippen molar-refractivity contribution in [2.45, 2.75) is 25.3 Å². The molecule has 6 nitrogen and oxygen atoms in total. The lowest BCUT2D eigenvalue weighted by Crippen LogP contribution is -2.47. The first kappa shape index (κ1) is 13.0. The highest BCUT2D eigenvalue weighted by molar-refractivity contribution is 7.13. The molecule has 7 heteroatoms. The number of nitro groups is 1. The fourth-order valence-electron chi connectivity index (χ4n) is 2.21. The summed E-state index contributed by atoms with van der Waals surface area (Å²) in [5.41, 5.74) is 6.06. The Morgan fingerprint density at radius 2 is 2.39 bits per heavy atom. The summed E-state index contributed by atoms with van der Waals surface area (Å²) in [5, 5.41) is 12.1. The van der Waals surface area contributed by atoms with Gasteiger partial charge in [-0.05, 0) is 19.3 Å². The topological polar surface area (TPSA) is 89.5 Å². The number of rotatable bonds is 3. The van der Waals surface area contributed by atoms with Gasteiger partial charge in [0.05, 0.1) is 10.5 Å². The molecule has 0 spiro atoms. The molecular formula is C11H15N3O3S. The van der Waals surface area contributed by atoms with Crippen molar-refractivity contribution in [2.24, 2.45) is 5.73 Å². The van der Waals surface area contributed by atoms with Gasteiger partial charge in [0.2, 0.25) is 0 Å². The van der Waals surface area contributed by atoms with Crippen molar-refractivity contribution in [1.82, 2.24) is 4.90 Å². The van der Waals surface area contributed by atoms with E-state index in [0.717, 1.165) is 30.6 Å². The van der Waals surface area contributed by atoms with Gasteiger partial charge in [0.25, 0.3) is 5.91 Å². The van der Waals surface area contributed by atoms with Crippen molar-refractivity contribution in [3.05, 3.63) is 27.1 Å². The Morgan fingerprint density at radius 3 is 3.00 bits per heavy atom. The van der Waals surface area contributed by atoms with E-state index in [1.54, 1.807) is 10.3 Å². The van der Waals surface area contributed by atoms with Crippen molar-refractivity contribution in [2.75, 3.05) is 13.1 Å². The number of carbonyl (C=O) groups is 1. The standard InChI is InChI=1S/C11H15N3O3S/c12-6-9-3-1-2-4-13(9)11(15)8-5-10(14(16)17)18-7-8/h5,7,9H,1-4,6,12H2. The Labute approximate surface area is 109 Å². The summed E-state index contributed by atoms with van der Waals surface area (Å²) in [7, 11) is 0. The average molecular weight is 269 g/mol. The van der Waals surface area contributed by atoms with Gasteiger partial charge in [-0.2, -0.15) is 0 Å². The van der Waals surface area contributed by atoms with Crippen molar-refractivity contribution in [3.8, 4) is 0 Å². The van der Waals surface area contributed by atoms with Crippen LogP contribution < -0.4 is 5.73 Å². The van der Waals surface area contributed by atoms with Crippen molar-refractivity contribution in [3.63, 3.8) is 0 Å². The molecule has 1 fully saturated rings. The number of likely N-dealkylation sites (tertiary alicyclic amines) is 1. The van der Waals surface area contributed by atoms with Crippen LogP contribution in [0.15, 0.2) is 11.4 Å². The van der Waals surface area contributed by atoms with Crippen LogP contribution in [0.5, 0.6) is 0 Å². The number of nitrogens with two attached hydrogens (primary N) is 1. The first-order valence-electron chi connectivity index (χ1n) is 5.87. The minimum atomic E-state index is -0.474. The summed E-state index contributed by atoms with van der Waals surface area (Å²) in [6, 6.07) is 1.40. The third-order valence-corrected chi connectivity index (χ3v) is 4.05. The maximum atomic E-state index is 12.3. The van der Waals surface area contributed by atoms with E-state index in [1.165, 1.54) is 6.07 Å². The molecule has 1 amide bonds. The fourth-order valence-corrected chi connectivity index (χ4v) is 2.91. The van der Waals surface area contributed by atoms with Crippen LogP contribution in [0, 0.1) is 10.1 Å². The van der Waals surface area contributed by atoms with Crippen LogP contribution in [-0.4, -0.2) is 34.9 Å². The monoisotopic (exact) mass is 269 g/mol. The molecular weight excluding hydrogens is 254 g/mol. The van der Waals surface area contributed by atoms with Gasteiger partial charge in [-0.15, -0.1) is 0 Å². The second kappa shape index (κ2) is 5.45. The molecule has 0 radical (unpaired) electrons. The molecule has 18 heavy (non-hydrogen) atoms. The number of nitrogens with zero attached hydrogens (tertiary/aromatic N) is 2. The van der Waals surface area contributed by atoms with E-state index < -0.39 is 4.92 Å². The van der Waals surface area contributed by atoms with Crippen LogP contribution in [0.25, 0.3) is 0 Å². The maximum absolute atomic E-state index is 12.3. The van der Waals surface area contributed by atoms with Crippen LogP contribution in [0.4, 0.5) is 5.00 Å². The lowest BCUT2D eigenvalue weighted by atomic mass is 10.0. The lowest BCUT2D eigenvalue weighted by molar-refractivity contribution is -0.380. The fraction of sp³-hybridized carbons (Fsp3) is 0.545. The van der Waals surface area contributed by atoms with Crippen LogP contribution in [0.2, 0.25) is 0 Å². The van der Waals surface area contributed by atoms with Crippen molar-refractivity contribution >= 4 is 22.2 Å². The van der Waals surface area contributed by atoms with E-state index in [9.17, 15) is 14.9 Å². The highest BCUT2D eigenvalue weighted by atomic mass is 32.1. The van der Waals surface area contributed by atoms with Gasteiger partial charge in [0.15, 0.2) is 0 Å². The summed E-state index contributed by atoms with van der Waals surface area (Å²) >= 11 is 0.981. The van der Waals surface area contributed by atoms with Gasteiger partial charge >= 0.3 is 5.00 Å². The Hall–Kier alpha value is -1.47. The number of hydrogen-bond acceptors (Lipinski definition) is 5. The number of thiophene rings is 1. The molecule has 98 valence electrons. The zero-order chi connectivity index (χ0) is 13.1. The molecule has 0 bridgehead atoms. The van der Waals surface area contributed by atoms with Gasteiger partial charge in [-0.1, -0.05) is 11.3 Å². The molecule has 0 saturated carbocycles. The summed E-state index contributed by atoms with van der Waals surface area (Å²) in [6.45, 7) is 1.13. The van der Waals surface area contributed by atoms with Gasteiger partial charge in [-0.3, -0.25) is 14.9 Å². The molecule has 1 saturated heterocycles. The molecule has 2 rings (SSSR count). The lowest BCUT2D eigenvalue weighted by Gasteiger charge is -2.34. The average Bonchev–Trinajstić information content (AvgIpc) is 2.87. The zero-order valence-corrected chi connectivity index (χ0v) is 10.7. The molecule has 2 heterocycles. The number of amides is 1. The molecule has 1 aliphatic rings. The first-order chi connectivity index (χ1) is 8.63. The SMILES string of the molecule is NCC1CCCCN1C(=O)c1csc([N+](=O)[O-])c1. The quantitative estimate of drug-likeness (QED) is 0.666. The minimum absolute atomic E-state index is 0.000317. The molecule has 1 aliphatic heterocycles. The summed E-state index contributed by atoms with van der Waals surface area (Å²) in [6.07, 6.45) is 2.96. The van der Waals surface area contributed by atoms with Crippen LogP contribution in [0.1, 0.15) is 29.6 Å². The third-order valence-electron chi connectivity index (χ3n) is 3.17. The Morgan fingerprint density at radius 1 is 1.61 bits per heavy atom. The molecule has 2 N–H and O–H groups in total. The third kappa shape index (κ3) is 2.51. The van der Waals surface area contributed by atoms with Gasteiger partial charge < -0.3 is 10.6 Å². The number of piperidine rings is 1. The van der Waals surface area contributed by atoms with Gasteiger partial charge in [0, 0.05) is 30.6 Å². The summed E-state index contributed by atoms with van der Waals surface area (Å²) in [5.74, 6) is -0.144. The number of hydrogen-bond donors (Lipinski definition) is 1. The van der Waals surface area contributed by atoms with Crippen molar-refractivity contribution in [1.29, 1.82) is 0 Å². The van der Waals surface area contributed by atoms with Crippen LogP contribution in [0.3, 0.4) is 0 Å². The highest BCUT2D eigenvalue weighted by Crippen LogP contribution is 2.26. The summed E-state index contributed by atoms with van der Waals surface area (Å²) in [4.78, 5) is 24.1. The summed E-state index contributed by atoms with van der Waals surface area (Å²) < 4.78 is 0. The molecule has 0 aromatic carbocycles. The zero-order valence-electron chi connectivity index (χ0n) is 9.87. The van der Waals surface area contributed by atoms with E-state index in [2.05, 4.69) is 0 Å². The first-order valence-corrected chi connectivity index (χ1v) is 6.75. The van der Waals surface area contributed by atoms with Crippen molar-refractivity contribution < 1.29 is 9.72 Å². The van der Waals surface area contributed by atoms with Crippen LogP contribution in [-0.2, 0) is 0 Å². The molecule has 0 aliphatic carbocycles. The second-order valence-corrected chi connectivity index (χ2v) is 5.20. The Kier molecular flexibility index (Phi) is 3.93. The second-order valence-electron chi connectivity index (χ2n) is 4.31. The molecule has 1 unspecified atom stereocenters. The van der Waals surface area contributed by atoms with Gasteiger partial charge in [-0.25, -0.2) is 0 Å². The van der Waals surface area contributed by atoms with E-state index in [4.69, 9.17) is 5.73 Å². The van der Waals surface area contributed by atoms with Crippen LogP contribution >= 0.6 is 11.3 Å².